The van der Waals surface area contributed by atoms with Gasteiger partial charge in [0.25, 0.3) is 0 Å². The Kier molecular flexibility index (Phi) is 4.84. The molecule has 0 N–H and O–H groups in total. The van der Waals surface area contributed by atoms with Crippen LogP contribution in [0, 0.1) is 28.1 Å². The smallest absolute Gasteiger partial charge is 0.177 e. The van der Waals surface area contributed by atoms with E-state index in [4.69, 9.17) is 4.74 Å². The van der Waals surface area contributed by atoms with Crippen LogP contribution in [-0.4, -0.2) is 22.8 Å². The number of fused-ring (bicyclic) bond motifs is 3. The maximum absolute atomic E-state index is 12.8. The molecule has 2 aromatic rings. The Bertz CT molecular complexity index is 1070. The molecular formula is C25H23N3O2. The Morgan fingerprint density at radius 2 is 1.77 bits per heavy atom. The van der Waals surface area contributed by atoms with E-state index in [-0.39, 0.29) is 11.9 Å². The highest BCUT2D eigenvalue weighted by molar-refractivity contribution is 5.85. The molecule has 1 saturated heterocycles. The first-order chi connectivity index (χ1) is 14.4. The summed E-state index contributed by atoms with van der Waals surface area (Å²) in [5.41, 5.74) is 1.25. The third-order valence-corrected chi connectivity index (χ3v) is 5.97. The molecule has 2 aliphatic heterocycles. The van der Waals surface area contributed by atoms with Crippen LogP contribution in [-0.2, 0) is 4.79 Å². The predicted molar refractivity (Wildman–Crippen MR) is 113 cm³/mol. The van der Waals surface area contributed by atoms with Gasteiger partial charge in [-0.1, -0.05) is 36.4 Å². The second-order valence-electron chi connectivity index (χ2n) is 8.16. The molecule has 0 amide bonds. The summed E-state index contributed by atoms with van der Waals surface area (Å²) < 4.78 is 5.73. The highest BCUT2D eigenvalue weighted by Crippen LogP contribution is 2.59. The largest absolute Gasteiger partial charge is 0.491 e. The molecule has 30 heavy (non-hydrogen) atoms. The quantitative estimate of drug-likeness (QED) is 0.754. The van der Waals surface area contributed by atoms with Crippen LogP contribution >= 0.6 is 0 Å². The number of nitriles is 2. The molecule has 5 heteroatoms. The minimum Gasteiger partial charge on any atom is -0.491 e. The number of carbonyl (C=O) groups is 1. The van der Waals surface area contributed by atoms with Gasteiger partial charge in [0, 0.05) is 12.1 Å². The van der Waals surface area contributed by atoms with E-state index < -0.39 is 23.4 Å². The average Bonchev–Trinajstić information content (AvgIpc) is 3.05. The lowest BCUT2D eigenvalue weighted by atomic mass is 9.68. The first-order valence-electron chi connectivity index (χ1n) is 10.1. The highest BCUT2D eigenvalue weighted by atomic mass is 16.5. The summed E-state index contributed by atoms with van der Waals surface area (Å²) in [6, 6.07) is 18.7. The first kappa shape index (κ1) is 19.7. The van der Waals surface area contributed by atoms with Crippen molar-refractivity contribution in [1.29, 1.82) is 10.5 Å². The Labute approximate surface area is 176 Å². The van der Waals surface area contributed by atoms with Gasteiger partial charge >= 0.3 is 0 Å². The first-order valence-corrected chi connectivity index (χ1v) is 10.1. The lowest BCUT2D eigenvalue weighted by molar-refractivity contribution is -0.121. The van der Waals surface area contributed by atoms with Crippen molar-refractivity contribution >= 4 is 11.9 Å². The molecule has 0 radical (unpaired) electrons. The van der Waals surface area contributed by atoms with Crippen LogP contribution < -0.4 is 4.74 Å². The molecule has 5 nitrogen and oxygen atoms in total. The van der Waals surface area contributed by atoms with E-state index in [1.807, 2.05) is 79.6 Å². The van der Waals surface area contributed by atoms with Gasteiger partial charge in [-0.2, -0.15) is 10.5 Å². The summed E-state index contributed by atoms with van der Waals surface area (Å²) in [5.74, 6) is 0.0661. The van der Waals surface area contributed by atoms with E-state index in [0.29, 0.717) is 5.75 Å². The number of Topliss-reactive ketones (excluding diaryl/α,β-unsaturated/α-hetero) is 1. The summed E-state index contributed by atoms with van der Waals surface area (Å²) in [6.07, 6.45) is 3.85. The third-order valence-electron chi connectivity index (χ3n) is 5.97. The number of rotatable bonds is 4. The van der Waals surface area contributed by atoms with Crippen molar-refractivity contribution in [3.8, 4) is 17.9 Å². The van der Waals surface area contributed by atoms with Crippen LogP contribution in [0.1, 0.15) is 49.4 Å². The van der Waals surface area contributed by atoms with Gasteiger partial charge in [-0.25, -0.2) is 0 Å². The maximum Gasteiger partial charge on any atom is 0.177 e. The molecule has 0 bridgehead atoms. The molecule has 2 aromatic carbocycles. The molecule has 0 spiro atoms. The number of hydrogen-bond acceptors (Lipinski definition) is 5. The van der Waals surface area contributed by atoms with Gasteiger partial charge in [0.1, 0.15) is 5.75 Å². The molecule has 0 unspecified atom stereocenters. The van der Waals surface area contributed by atoms with Crippen molar-refractivity contribution in [2.24, 2.45) is 5.41 Å². The van der Waals surface area contributed by atoms with Gasteiger partial charge in [0.05, 0.1) is 30.3 Å². The predicted octanol–water partition coefficient (Wildman–Crippen LogP) is 4.59. The van der Waals surface area contributed by atoms with Gasteiger partial charge in [-0.15, -0.1) is 0 Å². The molecule has 0 aromatic heterocycles. The lowest BCUT2D eigenvalue weighted by Crippen LogP contribution is -2.36. The zero-order chi connectivity index (χ0) is 21.5. The lowest BCUT2D eigenvalue weighted by Gasteiger charge is -2.34. The maximum atomic E-state index is 12.8. The van der Waals surface area contributed by atoms with Gasteiger partial charge < -0.3 is 9.64 Å². The summed E-state index contributed by atoms with van der Waals surface area (Å²) in [4.78, 5) is 14.7. The van der Waals surface area contributed by atoms with Crippen LogP contribution in [0.15, 0.2) is 54.7 Å². The topological polar surface area (TPSA) is 77.1 Å². The molecular weight excluding hydrogens is 374 g/mol. The number of nitrogens with zero attached hydrogens (tertiary/aromatic N) is 3. The molecule has 0 saturated carbocycles. The van der Waals surface area contributed by atoms with Gasteiger partial charge in [0.2, 0.25) is 0 Å². The van der Waals surface area contributed by atoms with E-state index in [1.54, 1.807) is 0 Å². The molecule has 2 aliphatic rings. The van der Waals surface area contributed by atoms with Gasteiger partial charge in [-0.3, -0.25) is 4.79 Å². The zero-order valence-electron chi connectivity index (χ0n) is 17.2. The third kappa shape index (κ3) is 2.86. The van der Waals surface area contributed by atoms with Crippen LogP contribution in [0.2, 0.25) is 0 Å². The summed E-state index contributed by atoms with van der Waals surface area (Å²) in [5, 5.41) is 20.7. The van der Waals surface area contributed by atoms with Crippen molar-refractivity contribution in [1.82, 2.24) is 4.90 Å². The minimum absolute atomic E-state index is 0.0419. The fourth-order valence-electron chi connectivity index (χ4n) is 4.85. The average molecular weight is 397 g/mol. The van der Waals surface area contributed by atoms with Crippen molar-refractivity contribution in [3.63, 3.8) is 0 Å². The summed E-state index contributed by atoms with van der Waals surface area (Å²) in [7, 11) is 0. The highest BCUT2D eigenvalue weighted by Gasteiger charge is 2.63. The number of benzene rings is 2. The van der Waals surface area contributed by atoms with E-state index >= 15 is 0 Å². The fourth-order valence-corrected chi connectivity index (χ4v) is 4.85. The van der Waals surface area contributed by atoms with E-state index in [2.05, 4.69) is 12.1 Å². The van der Waals surface area contributed by atoms with Crippen molar-refractivity contribution in [3.05, 3.63) is 71.4 Å². The zero-order valence-corrected chi connectivity index (χ0v) is 17.2. The van der Waals surface area contributed by atoms with Gasteiger partial charge in [0.15, 0.2) is 11.2 Å². The SMILES string of the molecule is CC(=O)[C@@H]1[C@@H](c2ccc(OC(C)C)cc2)C(C#N)(C#N)[C@H]2c3ccccc3C=CN12. The summed E-state index contributed by atoms with van der Waals surface area (Å²) in [6.45, 7) is 5.44. The number of ketones is 1. The van der Waals surface area contributed by atoms with Crippen LogP contribution in [0.4, 0.5) is 0 Å². The van der Waals surface area contributed by atoms with Gasteiger partial charge in [-0.05, 0) is 55.7 Å². The standard InChI is InChI=1S/C25H23N3O2/c1-16(2)30-20-10-8-19(9-11-20)22-23(17(3)29)28-13-12-18-6-4-5-7-21(18)24(28)25(22,14-26)15-27/h4-13,16,22-24H,1-3H3/t22-,23-,24-/m1/s1. The molecule has 3 atom stereocenters. The van der Waals surface area contributed by atoms with Crippen molar-refractivity contribution in [2.45, 2.75) is 44.9 Å². The Hall–Kier alpha value is -3.57. The van der Waals surface area contributed by atoms with Crippen LogP contribution in [0.3, 0.4) is 0 Å². The summed E-state index contributed by atoms with van der Waals surface area (Å²) >= 11 is 0. The molecule has 150 valence electrons. The monoisotopic (exact) mass is 397 g/mol. The second kappa shape index (κ2) is 7.35. The van der Waals surface area contributed by atoms with E-state index in [0.717, 1.165) is 16.7 Å². The number of hydrogen-bond donors (Lipinski definition) is 0. The Balaban J connectivity index is 1.89. The number of carbonyl (C=O) groups excluding carboxylic acids is 1. The molecule has 4 rings (SSSR count). The Morgan fingerprint density at radius 1 is 1.10 bits per heavy atom. The van der Waals surface area contributed by atoms with Crippen molar-refractivity contribution < 1.29 is 9.53 Å². The Morgan fingerprint density at radius 3 is 2.37 bits per heavy atom. The fraction of sp³-hybridized carbons (Fsp3) is 0.320. The molecule has 2 heterocycles. The van der Waals surface area contributed by atoms with Crippen LogP contribution in [0.25, 0.3) is 6.08 Å². The van der Waals surface area contributed by atoms with Crippen molar-refractivity contribution in [2.75, 3.05) is 0 Å². The van der Waals surface area contributed by atoms with E-state index in [1.165, 1.54) is 6.92 Å². The number of ether oxygens (including phenoxy) is 1. The van der Waals surface area contributed by atoms with E-state index in [9.17, 15) is 15.3 Å². The molecule has 1 fully saturated rings. The molecule has 0 aliphatic carbocycles. The second-order valence-corrected chi connectivity index (χ2v) is 8.16. The minimum atomic E-state index is -1.41. The van der Waals surface area contributed by atoms with Crippen LogP contribution in [0.5, 0.6) is 5.75 Å². The normalized spacial score (nSPS) is 23.3.